The quantitative estimate of drug-likeness (QED) is 0.627. The van der Waals surface area contributed by atoms with Gasteiger partial charge in [0.05, 0.1) is 6.10 Å². The Kier molecular flexibility index (Phi) is 4.69. The van der Waals surface area contributed by atoms with Gasteiger partial charge in [-0.15, -0.1) is 0 Å². The lowest BCUT2D eigenvalue weighted by molar-refractivity contribution is -0.142. The second-order valence-corrected chi connectivity index (χ2v) is 4.53. The van der Waals surface area contributed by atoms with E-state index in [0.717, 1.165) is 11.1 Å². The van der Waals surface area contributed by atoms with Crippen molar-refractivity contribution in [3.05, 3.63) is 28.8 Å². The van der Waals surface area contributed by atoms with E-state index in [-0.39, 0.29) is 12.3 Å². The molecule has 0 aliphatic heterocycles. The number of nitrogens with one attached hydrogen (secondary N) is 1. The lowest BCUT2D eigenvalue weighted by atomic mass is 10.0. The number of aliphatic hydroxyl groups is 1. The van der Waals surface area contributed by atoms with Gasteiger partial charge in [-0.25, -0.2) is 0 Å². The summed E-state index contributed by atoms with van der Waals surface area (Å²) in [5, 5.41) is 30.8. The third-order valence-electron chi connectivity index (χ3n) is 2.78. The van der Waals surface area contributed by atoms with Crippen molar-refractivity contribution in [3.63, 3.8) is 0 Å². The Bertz CT molecular complexity index is 443. The van der Waals surface area contributed by atoms with Gasteiger partial charge in [0.2, 0.25) is 0 Å². The highest BCUT2D eigenvalue weighted by Gasteiger charge is 2.22. The average molecular weight is 253 g/mol. The molecule has 5 nitrogen and oxygen atoms in total. The van der Waals surface area contributed by atoms with Crippen molar-refractivity contribution in [3.8, 4) is 5.75 Å². The first kappa shape index (κ1) is 14.5. The van der Waals surface area contributed by atoms with E-state index in [4.69, 9.17) is 5.11 Å². The van der Waals surface area contributed by atoms with Crippen LogP contribution in [0.15, 0.2) is 12.1 Å². The molecule has 0 saturated carbocycles. The van der Waals surface area contributed by atoms with Crippen LogP contribution in [-0.2, 0) is 11.3 Å². The van der Waals surface area contributed by atoms with Crippen LogP contribution >= 0.6 is 0 Å². The first-order valence-corrected chi connectivity index (χ1v) is 5.76. The molecule has 0 aliphatic carbocycles. The van der Waals surface area contributed by atoms with Crippen LogP contribution in [0.3, 0.4) is 0 Å². The number of aliphatic carboxylic acids is 1. The molecule has 1 rings (SSSR count). The second kappa shape index (κ2) is 5.84. The molecule has 18 heavy (non-hydrogen) atoms. The Morgan fingerprint density at radius 1 is 1.39 bits per heavy atom. The molecule has 1 aromatic carbocycles. The molecule has 0 bridgehead atoms. The molecule has 0 saturated heterocycles. The van der Waals surface area contributed by atoms with Crippen LogP contribution in [0.5, 0.6) is 5.75 Å². The predicted octanol–water partition coefficient (Wildman–Crippen LogP) is 0.933. The van der Waals surface area contributed by atoms with Gasteiger partial charge in [0, 0.05) is 12.1 Å². The number of aromatic hydroxyl groups is 1. The van der Waals surface area contributed by atoms with Crippen molar-refractivity contribution < 1.29 is 20.1 Å². The van der Waals surface area contributed by atoms with Gasteiger partial charge in [0.25, 0.3) is 0 Å². The topological polar surface area (TPSA) is 89.8 Å². The zero-order chi connectivity index (χ0) is 13.9. The standard InChI is InChI=1S/C13H19NO4/c1-7-4-8(2)12(16)10(5-7)6-14-11(9(3)15)13(17)18/h4-5,9,11,14-16H,6H2,1-3H3,(H,17,18). The number of phenols is 1. The maximum Gasteiger partial charge on any atom is 0.323 e. The van der Waals surface area contributed by atoms with Crippen molar-refractivity contribution in [2.75, 3.05) is 0 Å². The largest absolute Gasteiger partial charge is 0.507 e. The minimum Gasteiger partial charge on any atom is -0.507 e. The zero-order valence-corrected chi connectivity index (χ0v) is 10.8. The zero-order valence-electron chi connectivity index (χ0n) is 10.8. The number of carboxylic acids is 1. The Morgan fingerprint density at radius 2 is 2.00 bits per heavy atom. The number of carbonyl (C=O) groups is 1. The Hall–Kier alpha value is -1.59. The summed E-state index contributed by atoms with van der Waals surface area (Å²) in [4.78, 5) is 10.9. The molecule has 4 N–H and O–H groups in total. The number of benzene rings is 1. The average Bonchev–Trinajstić information content (AvgIpc) is 2.23. The lowest BCUT2D eigenvalue weighted by Crippen LogP contribution is -2.44. The van der Waals surface area contributed by atoms with Crippen LogP contribution in [0.4, 0.5) is 0 Å². The third-order valence-corrected chi connectivity index (χ3v) is 2.78. The van der Waals surface area contributed by atoms with Gasteiger partial charge < -0.3 is 15.3 Å². The minimum absolute atomic E-state index is 0.155. The summed E-state index contributed by atoms with van der Waals surface area (Å²) in [6, 6.07) is 2.59. The molecular weight excluding hydrogens is 234 g/mol. The number of aryl methyl sites for hydroxylation is 2. The van der Waals surface area contributed by atoms with Crippen LogP contribution in [-0.4, -0.2) is 33.4 Å². The molecular formula is C13H19NO4. The SMILES string of the molecule is Cc1cc(C)c(O)c(CNC(C(=O)O)C(C)O)c1. The smallest absolute Gasteiger partial charge is 0.323 e. The molecule has 100 valence electrons. The second-order valence-electron chi connectivity index (χ2n) is 4.53. The van der Waals surface area contributed by atoms with Gasteiger partial charge in [-0.1, -0.05) is 17.7 Å². The van der Waals surface area contributed by atoms with Gasteiger partial charge >= 0.3 is 5.97 Å². The van der Waals surface area contributed by atoms with Crippen LogP contribution in [0.2, 0.25) is 0 Å². The highest BCUT2D eigenvalue weighted by atomic mass is 16.4. The van der Waals surface area contributed by atoms with Crippen LogP contribution in [0.25, 0.3) is 0 Å². The number of hydrogen-bond donors (Lipinski definition) is 4. The normalized spacial score (nSPS) is 14.2. The van der Waals surface area contributed by atoms with E-state index in [0.29, 0.717) is 5.56 Å². The molecule has 0 amide bonds. The fraction of sp³-hybridized carbons (Fsp3) is 0.462. The summed E-state index contributed by atoms with van der Waals surface area (Å²) in [5.41, 5.74) is 2.36. The third kappa shape index (κ3) is 3.45. The van der Waals surface area contributed by atoms with Crippen LogP contribution < -0.4 is 5.32 Å². The van der Waals surface area contributed by atoms with E-state index in [1.54, 1.807) is 13.0 Å². The van der Waals surface area contributed by atoms with Crippen molar-refractivity contribution in [2.45, 2.75) is 39.5 Å². The Morgan fingerprint density at radius 3 is 2.50 bits per heavy atom. The van der Waals surface area contributed by atoms with E-state index in [1.807, 2.05) is 13.0 Å². The van der Waals surface area contributed by atoms with Crippen molar-refractivity contribution in [1.82, 2.24) is 5.32 Å². The molecule has 0 aliphatic rings. The highest BCUT2D eigenvalue weighted by Crippen LogP contribution is 2.23. The van der Waals surface area contributed by atoms with Gasteiger partial charge in [0.1, 0.15) is 11.8 Å². The van der Waals surface area contributed by atoms with Gasteiger partial charge in [-0.3, -0.25) is 10.1 Å². The number of phenolic OH excluding ortho intramolecular Hbond substituents is 1. The summed E-state index contributed by atoms with van der Waals surface area (Å²) in [7, 11) is 0. The number of aliphatic hydroxyl groups excluding tert-OH is 1. The summed E-state index contributed by atoms with van der Waals surface area (Å²) in [6.07, 6.45) is -1.00. The lowest BCUT2D eigenvalue weighted by Gasteiger charge is -2.18. The fourth-order valence-electron chi connectivity index (χ4n) is 1.87. The first-order chi connectivity index (χ1) is 8.32. The van der Waals surface area contributed by atoms with E-state index >= 15 is 0 Å². The monoisotopic (exact) mass is 253 g/mol. The van der Waals surface area contributed by atoms with Crippen LogP contribution in [0.1, 0.15) is 23.6 Å². The van der Waals surface area contributed by atoms with Gasteiger partial charge in [-0.05, 0) is 26.3 Å². The van der Waals surface area contributed by atoms with E-state index in [9.17, 15) is 15.0 Å². The van der Waals surface area contributed by atoms with Gasteiger partial charge in [0.15, 0.2) is 0 Å². The first-order valence-electron chi connectivity index (χ1n) is 5.76. The molecule has 2 atom stereocenters. The minimum atomic E-state index is -1.12. The molecule has 0 aromatic heterocycles. The molecule has 0 spiro atoms. The van der Waals surface area contributed by atoms with Gasteiger partial charge in [-0.2, -0.15) is 0 Å². The maximum absolute atomic E-state index is 10.9. The summed E-state index contributed by atoms with van der Waals surface area (Å²) < 4.78 is 0. The molecule has 5 heteroatoms. The number of hydrogen-bond acceptors (Lipinski definition) is 4. The van der Waals surface area contributed by atoms with Crippen LogP contribution in [0, 0.1) is 13.8 Å². The van der Waals surface area contributed by atoms with Crippen molar-refractivity contribution in [2.24, 2.45) is 0 Å². The van der Waals surface area contributed by atoms with E-state index < -0.39 is 18.1 Å². The maximum atomic E-state index is 10.9. The molecule has 1 aromatic rings. The van der Waals surface area contributed by atoms with Crippen molar-refractivity contribution >= 4 is 5.97 Å². The predicted molar refractivity (Wildman–Crippen MR) is 67.5 cm³/mol. The van der Waals surface area contributed by atoms with E-state index in [1.165, 1.54) is 6.92 Å². The molecule has 0 heterocycles. The van der Waals surface area contributed by atoms with E-state index in [2.05, 4.69) is 5.32 Å². The Labute approximate surface area is 106 Å². The highest BCUT2D eigenvalue weighted by molar-refractivity contribution is 5.74. The molecule has 0 fully saturated rings. The Balaban J connectivity index is 2.82. The molecule has 2 unspecified atom stereocenters. The number of rotatable bonds is 5. The van der Waals surface area contributed by atoms with Crippen molar-refractivity contribution in [1.29, 1.82) is 0 Å². The summed E-state index contributed by atoms with van der Waals surface area (Å²) >= 11 is 0. The molecule has 0 radical (unpaired) electrons. The number of carboxylic acid groups (broad SMARTS) is 1. The summed E-state index contributed by atoms with van der Waals surface area (Å²) in [5.74, 6) is -0.961. The summed E-state index contributed by atoms with van der Waals surface area (Å²) in [6.45, 7) is 5.29. The fourth-order valence-corrected chi connectivity index (χ4v) is 1.87.